The fourth-order valence-electron chi connectivity index (χ4n) is 2.78. The number of nitrogens with one attached hydrogen (secondary N) is 2. The lowest BCUT2D eigenvalue weighted by Crippen LogP contribution is -2.50. The molecule has 19 heavy (non-hydrogen) atoms. The van der Waals surface area contributed by atoms with E-state index in [9.17, 15) is 4.79 Å². The van der Waals surface area contributed by atoms with Crippen molar-refractivity contribution in [1.82, 2.24) is 15.5 Å². The summed E-state index contributed by atoms with van der Waals surface area (Å²) in [5.74, 6) is 0.634. The van der Waals surface area contributed by atoms with Gasteiger partial charge in [0, 0.05) is 19.2 Å². The number of hydrogen-bond donors (Lipinski definition) is 2. The first-order chi connectivity index (χ1) is 9.16. The van der Waals surface area contributed by atoms with Gasteiger partial charge in [0.15, 0.2) is 0 Å². The number of hydrogen-bond acceptors (Lipinski definition) is 3. The molecule has 0 aliphatic carbocycles. The van der Waals surface area contributed by atoms with Crippen LogP contribution in [-0.4, -0.2) is 55.9 Å². The van der Waals surface area contributed by atoms with Crippen molar-refractivity contribution in [2.45, 2.75) is 45.2 Å². The van der Waals surface area contributed by atoms with Gasteiger partial charge in [-0.1, -0.05) is 0 Å². The minimum Gasteiger partial charge on any atom is -0.379 e. The SMILES string of the molecule is CC(C)N(CC1CCNCC1)C(=O)NC1CCOC1. The van der Waals surface area contributed by atoms with Crippen molar-refractivity contribution in [2.24, 2.45) is 5.92 Å². The molecule has 0 saturated carbocycles. The highest BCUT2D eigenvalue weighted by atomic mass is 16.5. The summed E-state index contributed by atoms with van der Waals surface area (Å²) in [6.45, 7) is 8.63. The molecule has 5 nitrogen and oxygen atoms in total. The van der Waals surface area contributed by atoms with Crippen LogP contribution in [0.25, 0.3) is 0 Å². The zero-order valence-corrected chi connectivity index (χ0v) is 12.2. The third-order valence-electron chi connectivity index (χ3n) is 4.06. The van der Waals surface area contributed by atoms with E-state index in [1.54, 1.807) is 0 Å². The van der Waals surface area contributed by atoms with Crippen molar-refractivity contribution in [2.75, 3.05) is 32.8 Å². The first kappa shape index (κ1) is 14.6. The van der Waals surface area contributed by atoms with Gasteiger partial charge < -0.3 is 20.3 Å². The Morgan fingerprint density at radius 3 is 2.68 bits per heavy atom. The topological polar surface area (TPSA) is 53.6 Å². The number of amides is 2. The molecule has 0 bridgehead atoms. The summed E-state index contributed by atoms with van der Waals surface area (Å²) in [5.41, 5.74) is 0. The lowest BCUT2D eigenvalue weighted by atomic mass is 9.97. The number of piperidine rings is 1. The quantitative estimate of drug-likeness (QED) is 0.806. The Morgan fingerprint density at radius 1 is 1.37 bits per heavy atom. The summed E-state index contributed by atoms with van der Waals surface area (Å²) in [7, 11) is 0. The monoisotopic (exact) mass is 269 g/mol. The molecule has 2 aliphatic heterocycles. The molecule has 0 spiro atoms. The zero-order chi connectivity index (χ0) is 13.7. The van der Waals surface area contributed by atoms with E-state index in [-0.39, 0.29) is 18.1 Å². The predicted molar refractivity (Wildman–Crippen MR) is 75.2 cm³/mol. The molecule has 2 saturated heterocycles. The van der Waals surface area contributed by atoms with Gasteiger partial charge in [-0.3, -0.25) is 0 Å². The lowest BCUT2D eigenvalue weighted by Gasteiger charge is -2.33. The van der Waals surface area contributed by atoms with E-state index in [1.807, 2.05) is 4.90 Å². The minimum atomic E-state index is 0.0732. The predicted octanol–water partition coefficient (Wildman–Crippen LogP) is 1.19. The van der Waals surface area contributed by atoms with Gasteiger partial charge >= 0.3 is 6.03 Å². The van der Waals surface area contributed by atoms with Crippen LogP contribution in [0.4, 0.5) is 4.79 Å². The molecule has 2 amide bonds. The second kappa shape index (κ2) is 7.10. The van der Waals surface area contributed by atoms with E-state index in [1.165, 1.54) is 12.8 Å². The smallest absolute Gasteiger partial charge is 0.317 e. The number of ether oxygens (including phenoxy) is 1. The van der Waals surface area contributed by atoms with Crippen LogP contribution in [-0.2, 0) is 4.74 Å². The Kier molecular flexibility index (Phi) is 5.45. The Hall–Kier alpha value is -0.810. The number of carbonyl (C=O) groups excluding carboxylic acids is 1. The van der Waals surface area contributed by atoms with Gasteiger partial charge in [-0.25, -0.2) is 4.79 Å². The van der Waals surface area contributed by atoms with Crippen molar-refractivity contribution >= 4 is 6.03 Å². The van der Waals surface area contributed by atoms with Gasteiger partial charge in [0.25, 0.3) is 0 Å². The van der Waals surface area contributed by atoms with Crippen molar-refractivity contribution in [3.63, 3.8) is 0 Å². The highest BCUT2D eigenvalue weighted by molar-refractivity contribution is 5.74. The third-order valence-corrected chi connectivity index (χ3v) is 4.06. The Morgan fingerprint density at radius 2 is 2.11 bits per heavy atom. The van der Waals surface area contributed by atoms with E-state index >= 15 is 0 Å². The van der Waals surface area contributed by atoms with Crippen molar-refractivity contribution in [3.05, 3.63) is 0 Å². The minimum absolute atomic E-state index is 0.0732. The average molecular weight is 269 g/mol. The van der Waals surface area contributed by atoms with Crippen LogP contribution in [0.2, 0.25) is 0 Å². The molecule has 5 heteroatoms. The van der Waals surface area contributed by atoms with Gasteiger partial charge in [-0.2, -0.15) is 0 Å². The molecule has 0 aromatic carbocycles. The summed E-state index contributed by atoms with van der Waals surface area (Å²) in [4.78, 5) is 14.3. The molecular weight excluding hydrogens is 242 g/mol. The summed E-state index contributed by atoms with van der Waals surface area (Å²) in [6.07, 6.45) is 3.27. The van der Waals surface area contributed by atoms with E-state index in [4.69, 9.17) is 4.74 Å². The molecule has 2 rings (SSSR count). The van der Waals surface area contributed by atoms with Crippen LogP contribution in [0.3, 0.4) is 0 Å². The van der Waals surface area contributed by atoms with E-state index in [0.717, 1.165) is 32.7 Å². The van der Waals surface area contributed by atoms with Gasteiger partial charge in [-0.05, 0) is 52.1 Å². The third kappa shape index (κ3) is 4.35. The van der Waals surface area contributed by atoms with E-state index < -0.39 is 0 Å². The first-order valence-corrected chi connectivity index (χ1v) is 7.52. The maximum absolute atomic E-state index is 12.4. The Labute approximate surface area is 116 Å². The second-order valence-electron chi connectivity index (χ2n) is 5.95. The maximum Gasteiger partial charge on any atom is 0.317 e. The van der Waals surface area contributed by atoms with Gasteiger partial charge in [0.1, 0.15) is 0 Å². The highest BCUT2D eigenvalue weighted by Gasteiger charge is 2.25. The molecule has 1 atom stereocenters. The van der Waals surface area contributed by atoms with E-state index in [0.29, 0.717) is 12.5 Å². The molecule has 2 aliphatic rings. The normalized spacial score (nSPS) is 24.7. The summed E-state index contributed by atoms with van der Waals surface area (Å²) >= 11 is 0. The standard InChI is InChI=1S/C14H27N3O2/c1-11(2)17(9-12-3-6-15-7-4-12)14(18)16-13-5-8-19-10-13/h11-13,15H,3-10H2,1-2H3,(H,16,18). The lowest BCUT2D eigenvalue weighted by molar-refractivity contribution is 0.154. The fourth-order valence-corrected chi connectivity index (χ4v) is 2.78. The first-order valence-electron chi connectivity index (χ1n) is 7.52. The van der Waals surface area contributed by atoms with Crippen LogP contribution in [0, 0.1) is 5.92 Å². The average Bonchev–Trinajstić information content (AvgIpc) is 2.89. The molecule has 1 unspecified atom stereocenters. The van der Waals surface area contributed by atoms with Crippen molar-refractivity contribution in [1.29, 1.82) is 0 Å². The Bertz CT molecular complexity index is 284. The fraction of sp³-hybridized carbons (Fsp3) is 0.929. The summed E-state index contributed by atoms with van der Waals surface area (Å²) < 4.78 is 5.31. The second-order valence-corrected chi connectivity index (χ2v) is 5.95. The molecule has 2 N–H and O–H groups in total. The van der Waals surface area contributed by atoms with Crippen molar-refractivity contribution < 1.29 is 9.53 Å². The van der Waals surface area contributed by atoms with Crippen LogP contribution >= 0.6 is 0 Å². The highest BCUT2D eigenvalue weighted by Crippen LogP contribution is 2.15. The molecular formula is C14H27N3O2. The van der Waals surface area contributed by atoms with Gasteiger partial charge in [0.05, 0.1) is 12.6 Å². The molecule has 0 aromatic rings. The largest absolute Gasteiger partial charge is 0.379 e. The molecule has 0 aromatic heterocycles. The number of rotatable bonds is 4. The number of nitrogens with zero attached hydrogens (tertiary/aromatic N) is 1. The zero-order valence-electron chi connectivity index (χ0n) is 12.2. The van der Waals surface area contributed by atoms with Crippen LogP contribution in [0.15, 0.2) is 0 Å². The molecule has 110 valence electrons. The van der Waals surface area contributed by atoms with Gasteiger partial charge in [-0.15, -0.1) is 0 Å². The molecule has 0 radical (unpaired) electrons. The van der Waals surface area contributed by atoms with Crippen LogP contribution < -0.4 is 10.6 Å². The van der Waals surface area contributed by atoms with Gasteiger partial charge in [0.2, 0.25) is 0 Å². The molecule has 2 heterocycles. The summed E-state index contributed by atoms with van der Waals surface area (Å²) in [5, 5.41) is 6.47. The number of urea groups is 1. The Balaban J connectivity index is 1.84. The maximum atomic E-state index is 12.4. The van der Waals surface area contributed by atoms with Crippen LogP contribution in [0.5, 0.6) is 0 Å². The molecule has 2 fully saturated rings. The number of carbonyl (C=O) groups is 1. The summed E-state index contributed by atoms with van der Waals surface area (Å²) in [6, 6.07) is 0.517. The van der Waals surface area contributed by atoms with Crippen molar-refractivity contribution in [3.8, 4) is 0 Å². The van der Waals surface area contributed by atoms with Crippen LogP contribution in [0.1, 0.15) is 33.1 Å². The van der Waals surface area contributed by atoms with E-state index in [2.05, 4.69) is 24.5 Å².